The van der Waals surface area contributed by atoms with E-state index in [1.54, 1.807) is 7.11 Å². The van der Waals surface area contributed by atoms with Crippen molar-refractivity contribution >= 4 is 22.4 Å². The Bertz CT molecular complexity index is 921. The molecule has 4 nitrogen and oxygen atoms in total. The summed E-state index contributed by atoms with van der Waals surface area (Å²) in [5.41, 5.74) is 1.64. The summed E-state index contributed by atoms with van der Waals surface area (Å²) in [7, 11) is 1.60. The molecule has 3 aromatic rings. The van der Waals surface area contributed by atoms with Gasteiger partial charge in [0.2, 0.25) is 5.91 Å². The summed E-state index contributed by atoms with van der Waals surface area (Å²) >= 11 is 0. The van der Waals surface area contributed by atoms with Crippen molar-refractivity contribution in [2.45, 2.75) is 6.42 Å². The van der Waals surface area contributed by atoms with E-state index in [1.165, 1.54) is 0 Å². The van der Waals surface area contributed by atoms with E-state index in [9.17, 15) is 10.1 Å². The molecule has 0 unspecified atom stereocenters. The van der Waals surface area contributed by atoms with Crippen LogP contribution >= 0.6 is 0 Å². The maximum Gasteiger partial charge on any atom is 0.242 e. The molecule has 0 aliphatic carbocycles. The molecule has 1 atom stereocenters. The van der Waals surface area contributed by atoms with Gasteiger partial charge in [0.25, 0.3) is 0 Å². The molecule has 0 aliphatic rings. The Hall–Kier alpha value is -3.32. The lowest BCUT2D eigenvalue weighted by molar-refractivity contribution is -0.118. The Balaban J connectivity index is 1.76. The largest absolute Gasteiger partial charge is 0.497 e. The highest BCUT2D eigenvalue weighted by Crippen LogP contribution is 2.24. The molecule has 1 N–H and O–H groups in total. The van der Waals surface area contributed by atoms with Gasteiger partial charge in [-0.1, -0.05) is 48.5 Å². The lowest BCUT2D eigenvalue weighted by Crippen LogP contribution is -2.23. The smallest absolute Gasteiger partial charge is 0.242 e. The highest BCUT2D eigenvalue weighted by Gasteiger charge is 2.19. The number of carbonyl (C=O) groups is 1. The first kappa shape index (κ1) is 16.5. The molecule has 0 radical (unpaired) electrons. The highest BCUT2D eigenvalue weighted by molar-refractivity contribution is 6.03. The SMILES string of the molecule is COc1ccc(C[C@@H](C#N)C(=O)Nc2cccc3ccccc23)cc1. The van der Waals surface area contributed by atoms with Crippen LogP contribution in [0.1, 0.15) is 5.56 Å². The molecule has 0 saturated carbocycles. The second-order valence-corrected chi connectivity index (χ2v) is 5.75. The number of nitrogens with zero attached hydrogens (tertiary/aromatic N) is 1. The zero-order valence-electron chi connectivity index (χ0n) is 13.9. The number of nitrogens with one attached hydrogen (secondary N) is 1. The Morgan fingerprint density at radius 2 is 1.80 bits per heavy atom. The van der Waals surface area contributed by atoms with Gasteiger partial charge in [-0.15, -0.1) is 0 Å². The van der Waals surface area contributed by atoms with Crippen LogP contribution in [0.2, 0.25) is 0 Å². The van der Waals surface area contributed by atoms with Crippen LogP contribution in [0.4, 0.5) is 5.69 Å². The lowest BCUT2D eigenvalue weighted by atomic mass is 9.99. The molecular formula is C21H18N2O2. The number of methoxy groups -OCH3 is 1. The van der Waals surface area contributed by atoms with Crippen molar-refractivity contribution in [1.29, 1.82) is 5.26 Å². The second-order valence-electron chi connectivity index (χ2n) is 5.75. The van der Waals surface area contributed by atoms with Gasteiger partial charge in [0, 0.05) is 11.1 Å². The molecule has 0 fully saturated rings. The summed E-state index contributed by atoms with van der Waals surface area (Å²) in [5, 5.41) is 14.3. The summed E-state index contributed by atoms with van der Waals surface area (Å²) in [4.78, 5) is 12.6. The minimum absolute atomic E-state index is 0.297. The van der Waals surface area contributed by atoms with Crippen LogP contribution < -0.4 is 10.1 Å². The van der Waals surface area contributed by atoms with Crippen molar-refractivity contribution in [3.05, 3.63) is 72.3 Å². The van der Waals surface area contributed by atoms with Gasteiger partial charge in [-0.25, -0.2) is 0 Å². The van der Waals surface area contributed by atoms with Gasteiger partial charge in [0.1, 0.15) is 11.7 Å². The minimum Gasteiger partial charge on any atom is -0.497 e. The van der Waals surface area contributed by atoms with Gasteiger partial charge >= 0.3 is 0 Å². The fourth-order valence-electron chi connectivity index (χ4n) is 2.75. The van der Waals surface area contributed by atoms with Crippen LogP contribution in [0.25, 0.3) is 10.8 Å². The molecule has 0 bridgehead atoms. The number of fused-ring (bicyclic) bond motifs is 1. The summed E-state index contributed by atoms with van der Waals surface area (Å²) in [6.07, 6.45) is 0.358. The second kappa shape index (κ2) is 7.50. The van der Waals surface area contributed by atoms with E-state index in [0.717, 1.165) is 27.8 Å². The van der Waals surface area contributed by atoms with E-state index < -0.39 is 5.92 Å². The molecular weight excluding hydrogens is 312 g/mol. The number of nitriles is 1. The normalized spacial score (nSPS) is 11.5. The third-order valence-electron chi connectivity index (χ3n) is 4.12. The van der Waals surface area contributed by atoms with Crippen LogP contribution in [0.15, 0.2) is 66.7 Å². The monoisotopic (exact) mass is 330 g/mol. The molecule has 25 heavy (non-hydrogen) atoms. The first-order valence-corrected chi connectivity index (χ1v) is 8.02. The van der Waals surface area contributed by atoms with Gasteiger partial charge in [-0.2, -0.15) is 5.26 Å². The standard InChI is InChI=1S/C21H18N2O2/c1-25-18-11-9-15(10-12-18)13-17(14-22)21(24)23-20-8-4-6-16-5-2-3-7-19(16)20/h2-12,17H,13H2,1H3,(H,23,24)/t17-/m0/s1. The third-order valence-corrected chi connectivity index (χ3v) is 4.12. The van der Waals surface area contributed by atoms with Crippen LogP contribution in [-0.4, -0.2) is 13.0 Å². The van der Waals surface area contributed by atoms with Gasteiger partial charge in [0.15, 0.2) is 0 Å². The first-order chi connectivity index (χ1) is 12.2. The van der Waals surface area contributed by atoms with E-state index in [4.69, 9.17) is 4.74 Å². The third kappa shape index (κ3) is 3.78. The number of hydrogen-bond acceptors (Lipinski definition) is 3. The van der Waals surface area contributed by atoms with Crippen molar-refractivity contribution in [1.82, 2.24) is 0 Å². The lowest BCUT2D eigenvalue weighted by Gasteiger charge is -2.12. The van der Waals surface area contributed by atoms with Crippen molar-refractivity contribution in [3.63, 3.8) is 0 Å². The van der Waals surface area contributed by atoms with Gasteiger partial charge in [-0.05, 0) is 35.6 Å². The van der Waals surface area contributed by atoms with Gasteiger partial charge in [0.05, 0.1) is 13.2 Å². The molecule has 3 rings (SSSR count). The van der Waals surface area contributed by atoms with E-state index >= 15 is 0 Å². The maximum atomic E-state index is 12.6. The topological polar surface area (TPSA) is 62.1 Å². The summed E-state index contributed by atoms with van der Waals surface area (Å²) in [6, 6.07) is 23.1. The number of ether oxygens (including phenoxy) is 1. The molecule has 124 valence electrons. The predicted molar refractivity (Wildman–Crippen MR) is 98.4 cm³/mol. The van der Waals surface area contributed by atoms with E-state index in [0.29, 0.717) is 6.42 Å². The zero-order valence-corrected chi connectivity index (χ0v) is 13.9. The summed E-state index contributed by atoms with van der Waals surface area (Å²) in [5.74, 6) is -0.306. The van der Waals surface area contributed by atoms with Crippen LogP contribution in [0, 0.1) is 17.2 Å². The molecule has 0 spiro atoms. The molecule has 3 aromatic carbocycles. The number of amides is 1. The van der Waals surface area contributed by atoms with Crippen LogP contribution in [0.5, 0.6) is 5.75 Å². The van der Waals surface area contributed by atoms with Gasteiger partial charge in [-0.3, -0.25) is 4.79 Å². The first-order valence-electron chi connectivity index (χ1n) is 8.02. The Morgan fingerprint density at radius 1 is 1.08 bits per heavy atom. The maximum absolute atomic E-state index is 12.6. The minimum atomic E-state index is -0.757. The fourth-order valence-corrected chi connectivity index (χ4v) is 2.75. The number of anilines is 1. The average molecular weight is 330 g/mol. The Kier molecular flexibility index (Phi) is 4.96. The number of carbonyl (C=O) groups excluding carboxylic acids is 1. The quantitative estimate of drug-likeness (QED) is 0.764. The van der Waals surface area contributed by atoms with E-state index in [1.807, 2.05) is 66.7 Å². The number of benzene rings is 3. The Labute approximate surface area is 146 Å². The fraction of sp³-hybridized carbons (Fsp3) is 0.143. The highest BCUT2D eigenvalue weighted by atomic mass is 16.5. The summed E-state index contributed by atoms with van der Waals surface area (Å²) < 4.78 is 5.12. The van der Waals surface area contributed by atoms with E-state index in [-0.39, 0.29) is 5.91 Å². The molecule has 0 aromatic heterocycles. The van der Waals surface area contributed by atoms with Crippen molar-refractivity contribution in [2.24, 2.45) is 5.92 Å². The molecule has 0 saturated heterocycles. The number of rotatable bonds is 5. The van der Waals surface area contributed by atoms with Crippen LogP contribution in [0.3, 0.4) is 0 Å². The molecule has 4 heteroatoms. The van der Waals surface area contributed by atoms with Crippen LogP contribution in [-0.2, 0) is 11.2 Å². The predicted octanol–water partition coefficient (Wildman–Crippen LogP) is 4.17. The zero-order chi connectivity index (χ0) is 17.6. The molecule has 1 amide bonds. The average Bonchev–Trinajstić information content (AvgIpc) is 2.66. The van der Waals surface area contributed by atoms with E-state index in [2.05, 4.69) is 11.4 Å². The number of hydrogen-bond donors (Lipinski definition) is 1. The molecule has 0 aliphatic heterocycles. The van der Waals surface area contributed by atoms with Crippen molar-refractivity contribution in [2.75, 3.05) is 12.4 Å². The van der Waals surface area contributed by atoms with Crippen molar-refractivity contribution in [3.8, 4) is 11.8 Å². The summed E-state index contributed by atoms with van der Waals surface area (Å²) in [6.45, 7) is 0. The Morgan fingerprint density at radius 3 is 2.52 bits per heavy atom. The van der Waals surface area contributed by atoms with Crippen molar-refractivity contribution < 1.29 is 9.53 Å². The molecule has 0 heterocycles. The van der Waals surface area contributed by atoms with Gasteiger partial charge < -0.3 is 10.1 Å².